The van der Waals surface area contributed by atoms with E-state index in [4.69, 9.17) is 4.74 Å². The minimum absolute atomic E-state index is 0.0363. The highest BCUT2D eigenvalue weighted by molar-refractivity contribution is 5.99. The Bertz CT molecular complexity index is 1430. The number of rotatable bonds is 11. The number of nitrogens with one attached hydrogen (secondary N) is 2. The molecule has 1 fully saturated rings. The molecular formula is C32H39F2N5O4. The summed E-state index contributed by atoms with van der Waals surface area (Å²) in [6.45, 7) is 9.22. The standard InChI is InChI=1S/C28H29F2N5O4.C4H10/c1-18-10-21(14-31)35(15-18)27(37)16-34(8-2-3-9-39-22-6-4-20(5-7-22)32-17-36)28(38)26-13-23-24(30)11-19(29)12-25(23)33-26;1-4(2)3/h4-7,11-13,17-18,21,33H,2-3,8-10,15-16H2,1H3,(H,32,36);4H,1-3H3. The number of likely N-dealkylation sites (tertiary alicyclic amines) is 1. The van der Waals surface area contributed by atoms with Crippen LogP contribution in [0.5, 0.6) is 5.75 Å². The van der Waals surface area contributed by atoms with Crippen LogP contribution < -0.4 is 10.1 Å². The van der Waals surface area contributed by atoms with Gasteiger partial charge in [0.1, 0.15) is 35.7 Å². The van der Waals surface area contributed by atoms with Crippen molar-refractivity contribution in [3.8, 4) is 11.8 Å². The number of hydrogen-bond acceptors (Lipinski definition) is 5. The van der Waals surface area contributed by atoms with E-state index >= 15 is 0 Å². The van der Waals surface area contributed by atoms with E-state index in [1.165, 1.54) is 15.9 Å². The number of amides is 3. The SMILES string of the molecule is CC(C)C.CC1CC(C#N)N(C(=O)CN(CCCCOc2ccc(NC=O)cc2)C(=O)c2cc3c(F)cc(F)cc3[nH]2)C1. The molecule has 2 aromatic carbocycles. The second-order valence-corrected chi connectivity index (χ2v) is 11.4. The van der Waals surface area contributed by atoms with Crippen LogP contribution >= 0.6 is 0 Å². The molecule has 0 bridgehead atoms. The van der Waals surface area contributed by atoms with Crippen LogP contribution in [0.3, 0.4) is 0 Å². The number of fused-ring (bicyclic) bond motifs is 1. The third-order valence-corrected chi connectivity index (χ3v) is 6.65. The fraction of sp³-hybridized carbons (Fsp3) is 0.438. The Balaban J connectivity index is 0.00000119. The van der Waals surface area contributed by atoms with Gasteiger partial charge in [-0.15, -0.1) is 0 Å². The molecule has 11 heteroatoms. The second-order valence-electron chi connectivity index (χ2n) is 11.4. The summed E-state index contributed by atoms with van der Waals surface area (Å²) in [7, 11) is 0. The van der Waals surface area contributed by atoms with Gasteiger partial charge in [0.25, 0.3) is 5.91 Å². The summed E-state index contributed by atoms with van der Waals surface area (Å²) in [5.74, 6) is -0.805. The third-order valence-electron chi connectivity index (χ3n) is 6.65. The number of carbonyl (C=O) groups excluding carboxylic acids is 3. The molecule has 43 heavy (non-hydrogen) atoms. The summed E-state index contributed by atoms with van der Waals surface area (Å²) in [4.78, 5) is 42.7. The van der Waals surface area contributed by atoms with Crippen molar-refractivity contribution in [2.75, 3.05) is 31.6 Å². The van der Waals surface area contributed by atoms with Crippen molar-refractivity contribution in [1.29, 1.82) is 5.26 Å². The molecule has 0 saturated carbocycles. The molecule has 1 aromatic heterocycles. The number of nitriles is 1. The first-order valence-electron chi connectivity index (χ1n) is 14.4. The van der Waals surface area contributed by atoms with Gasteiger partial charge in [-0.05, 0) is 67.5 Å². The van der Waals surface area contributed by atoms with Gasteiger partial charge < -0.3 is 24.8 Å². The van der Waals surface area contributed by atoms with Gasteiger partial charge >= 0.3 is 0 Å². The fourth-order valence-corrected chi connectivity index (χ4v) is 4.71. The van der Waals surface area contributed by atoms with Crippen LogP contribution in [-0.2, 0) is 9.59 Å². The highest BCUT2D eigenvalue weighted by Gasteiger charge is 2.34. The predicted octanol–water partition coefficient (Wildman–Crippen LogP) is 5.74. The molecule has 1 aliphatic heterocycles. The van der Waals surface area contributed by atoms with Gasteiger partial charge in [-0.2, -0.15) is 5.26 Å². The Hall–Kier alpha value is -4.46. The molecule has 2 atom stereocenters. The van der Waals surface area contributed by atoms with Crippen molar-refractivity contribution >= 4 is 34.8 Å². The Labute approximate surface area is 250 Å². The monoisotopic (exact) mass is 595 g/mol. The smallest absolute Gasteiger partial charge is 0.270 e. The van der Waals surface area contributed by atoms with Crippen LogP contribution in [0.4, 0.5) is 14.5 Å². The number of nitrogens with zero attached hydrogens (tertiary/aromatic N) is 3. The van der Waals surface area contributed by atoms with Gasteiger partial charge in [0.05, 0.1) is 18.2 Å². The summed E-state index contributed by atoms with van der Waals surface area (Å²) >= 11 is 0. The first-order chi connectivity index (χ1) is 20.5. The average Bonchev–Trinajstić information content (AvgIpc) is 3.56. The van der Waals surface area contributed by atoms with E-state index in [1.54, 1.807) is 24.3 Å². The number of anilines is 1. The normalized spacial score (nSPS) is 15.9. The molecule has 230 valence electrons. The van der Waals surface area contributed by atoms with Crippen molar-refractivity contribution in [3.05, 3.63) is 59.8 Å². The van der Waals surface area contributed by atoms with Crippen LogP contribution in [0, 0.1) is 34.8 Å². The van der Waals surface area contributed by atoms with Gasteiger partial charge in [0.15, 0.2) is 0 Å². The Morgan fingerprint density at radius 2 is 1.88 bits per heavy atom. The molecule has 0 spiro atoms. The number of unbranched alkanes of at least 4 members (excludes halogenated alkanes) is 1. The lowest BCUT2D eigenvalue weighted by Crippen LogP contribution is -2.45. The Morgan fingerprint density at radius 3 is 2.53 bits per heavy atom. The lowest BCUT2D eigenvalue weighted by Gasteiger charge is -2.26. The highest BCUT2D eigenvalue weighted by atomic mass is 19.1. The maximum absolute atomic E-state index is 14.2. The quantitative estimate of drug-likeness (QED) is 0.217. The topological polar surface area (TPSA) is 119 Å². The van der Waals surface area contributed by atoms with Gasteiger partial charge in [-0.3, -0.25) is 14.4 Å². The number of benzene rings is 2. The Morgan fingerprint density at radius 1 is 1.19 bits per heavy atom. The maximum atomic E-state index is 14.2. The molecule has 1 saturated heterocycles. The summed E-state index contributed by atoms with van der Waals surface area (Å²) in [5, 5.41) is 12.1. The number of aromatic amines is 1. The van der Waals surface area contributed by atoms with Crippen molar-refractivity contribution in [2.24, 2.45) is 11.8 Å². The van der Waals surface area contributed by atoms with Crippen molar-refractivity contribution < 1.29 is 27.9 Å². The molecule has 1 aliphatic rings. The zero-order valence-electron chi connectivity index (χ0n) is 25.0. The molecular weight excluding hydrogens is 556 g/mol. The van der Waals surface area contributed by atoms with Gasteiger partial charge in [-0.1, -0.05) is 27.7 Å². The first kappa shape index (κ1) is 33.0. The summed E-state index contributed by atoms with van der Waals surface area (Å²) in [6, 6.07) is 11.6. The highest BCUT2D eigenvalue weighted by Crippen LogP contribution is 2.24. The van der Waals surface area contributed by atoms with Crippen LogP contribution in [0.15, 0.2) is 42.5 Å². The van der Waals surface area contributed by atoms with E-state index in [0.717, 1.165) is 18.1 Å². The lowest BCUT2D eigenvalue weighted by atomic mass is 10.1. The fourth-order valence-electron chi connectivity index (χ4n) is 4.71. The van der Waals surface area contributed by atoms with Crippen LogP contribution in [0.2, 0.25) is 0 Å². The minimum Gasteiger partial charge on any atom is -0.494 e. The van der Waals surface area contributed by atoms with Gasteiger partial charge in [-0.25, -0.2) is 8.78 Å². The van der Waals surface area contributed by atoms with E-state index in [0.29, 0.717) is 50.3 Å². The van der Waals surface area contributed by atoms with Crippen LogP contribution in [0.1, 0.15) is 57.4 Å². The van der Waals surface area contributed by atoms with Crippen molar-refractivity contribution in [1.82, 2.24) is 14.8 Å². The van der Waals surface area contributed by atoms with Crippen LogP contribution in [-0.4, -0.2) is 65.3 Å². The zero-order chi connectivity index (χ0) is 31.5. The predicted molar refractivity (Wildman–Crippen MR) is 160 cm³/mol. The molecule has 0 aliphatic carbocycles. The second kappa shape index (κ2) is 15.7. The molecule has 2 unspecified atom stereocenters. The van der Waals surface area contributed by atoms with Gasteiger partial charge in [0, 0.05) is 30.2 Å². The molecule has 9 nitrogen and oxygen atoms in total. The molecule has 3 amide bonds. The van der Waals surface area contributed by atoms with E-state index in [9.17, 15) is 28.4 Å². The van der Waals surface area contributed by atoms with Gasteiger partial charge in [0.2, 0.25) is 12.3 Å². The molecule has 3 aromatic rings. The zero-order valence-corrected chi connectivity index (χ0v) is 25.0. The molecule has 0 radical (unpaired) electrons. The number of aromatic nitrogens is 1. The van der Waals surface area contributed by atoms with E-state index in [2.05, 4.69) is 37.1 Å². The first-order valence-corrected chi connectivity index (χ1v) is 14.4. The number of halogens is 2. The van der Waals surface area contributed by atoms with E-state index < -0.39 is 23.6 Å². The van der Waals surface area contributed by atoms with E-state index in [-0.39, 0.29) is 41.5 Å². The number of carbonyl (C=O) groups is 3. The average molecular weight is 596 g/mol. The third kappa shape index (κ3) is 9.53. The number of ether oxygens (including phenoxy) is 1. The summed E-state index contributed by atoms with van der Waals surface area (Å²) < 4.78 is 33.6. The largest absolute Gasteiger partial charge is 0.494 e. The molecule has 2 N–H and O–H groups in total. The lowest BCUT2D eigenvalue weighted by molar-refractivity contribution is -0.132. The number of H-pyrrole nitrogens is 1. The van der Waals surface area contributed by atoms with Crippen molar-refractivity contribution in [2.45, 2.75) is 53.0 Å². The summed E-state index contributed by atoms with van der Waals surface area (Å²) in [5.41, 5.74) is 0.818. The molecule has 4 rings (SSSR count). The summed E-state index contributed by atoms with van der Waals surface area (Å²) in [6.07, 6.45) is 2.24. The number of hydrogen-bond donors (Lipinski definition) is 2. The minimum atomic E-state index is -0.794. The van der Waals surface area contributed by atoms with Crippen molar-refractivity contribution in [3.63, 3.8) is 0 Å². The maximum Gasteiger partial charge on any atom is 0.270 e. The van der Waals surface area contributed by atoms with Crippen LogP contribution in [0.25, 0.3) is 10.9 Å². The Kier molecular flexibility index (Phi) is 12.0. The molecule has 2 heterocycles. The van der Waals surface area contributed by atoms with E-state index in [1.807, 2.05) is 6.92 Å².